The Balaban J connectivity index is 2.47. The van der Waals surface area contributed by atoms with Crippen LogP contribution in [0, 0.1) is 6.07 Å². The quantitative estimate of drug-likeness (QED) is 0.705. The average molecular weight is 243 g/mol. The van der Waals surface area contributed by atoms with Crippen LogP contribution in [-0.4, -0.2) is 10.1 Å². The average Bonchev–Trinajstić information content (AvgIpc) is 2.26. The Kier molecular flexibility index (Phi) is 2.82. The van der Waals surface area contributed by atoms with Crippen LogP contribution in [0.1, 0.15) is 0 Å². The Morgan fingerprint density at radius 1 is 1.19 bits per heavy atom. The van der Waals surface area contributed by atoms with Crippen LogP contribution < -0.4 is 0 Å². The molecule has 0 fully saturated rings. The minimum Gasteiger partial charge on any atom is -0.604 e. The van der Waals surface area contributed by atoms with Gasteiger partial charge in [0.05, 0.1) is 11.2 Å². The van der Waals surface area contributed by atoms with Gasteiger partial charge >= 0.3 is 5.51 Å². The number of fused-ring (bicyclic) bond motifs is 1. The van der Waals surface area contributed by atoms with Crippen LogP contribution in [0.25, 0.3) is 10.8 Å². The molecule has 0 amide bonds. The summed E-state index contributed by atoms with van der Waals surface area (Å²) in [6.07, 6.45) is 0. The predicted molar refractivity (Wildman–Crippen MR) is 55.2 cm³/mol. The van der Waals surface area contributed by atoms with E-state index in [1.165, 1.54) is 6.07 Å². The van der Waals surface area contributed by atoms with Gasteiger partial charge in [0.1, 0.15) is 0 Å². The Morgan fingerprint density at radius 2 is 1.88 bits per heavy atom. The lowest BCUT2D eigenvalue weighted by Crippen LogP contribution is -2.23. The van der Waals surface area contributed by atoms with Crippen molar-refractivity contribution in [3.05, 3.63) is 42.5 Å². The number of benzene rings is 2. The van der Waals surface area contributed by atoms with E-state index in [4.69, 9.17) is 0 Å². The second-order valence-electron chi connectivity index (χ2n) is 3.14. The number of halogens is 3. The zero-order valence-corrected chi connectivity index (χ0v) is 8.73. The molecular formula is C11H6F3OS. The van der Waals surface area contributed by atoms with Crippen molar-refractivity contribution in [3.63, 3.8) is 0 Å². The molecule has 1 unspecified atom stereocenters. The van der Waals surface area contributed by atoms with Crippen LogP contribution in [0.3, 0.4) is 0 Å². The monoisotopic (exact) mass is 243 g/mol. The number of rotatable bonds is 1. The Hall–Kier alpha value is -1.20. The molecule has 0 aliphatic heterocycles. The highest BCUT2D eigenvalue weighted by molar-refractivity contribution is 7.92. The number of hydrogen-bond donors (Lipinski definition) is 0. The molecular weight excluding hydrogens is 237 g/mol. The zero-order valence-electron chi connectivity index (χ0n) is 7.91. The maximum atomic E-state index is 12.2. The number of hydrogen-bond acceptors (Lipinski definition) is 1. The first-order valence-electron chi connectivity index (χ1n) is 4.37. The van der Waals surface area contributed by atoms with Crippen molar-refractivity contribution in [3.8, 4) is 0 Å². The van der Waals surface area contributed by atoms with E-state index in [0.717, 1.165) is 6.07 Å². The van der Waals surface area contributed by atoms with Gasteiger partial charge in [-0.3, -0.25) is 0 Å². The smallest absolute Gasteiger partial charge is 0.578 e. The Morgan fingerprint density at radius 3 is 2.56 bits per heavy atom. The van der Waals surface area contributed by atoms with Crippen LogP contribution >= 0.6 is 0 Å². The highest BCUT2D eigenvalue weighted by atomic mass is 32.2. The third kappa shape index (κ3) is 2.15. The molecule has 1 radical (unpaired) electrons. The van der Waals surface area contributed by atoms with E-state index < -0.39 is 16.7 Å². The van der Waals surface area contributed by atoms with Gasteiger partial charge in [-0.25, -0.2) is 0 Å². The third-order valence-corrected chi connectivity index (χ3v) is 3.14. The molecule has 1 nitrogen and oxygen atoms in total. The number of alkyl halides is 3. The molecule has 0 saturated carbocycles. The molecule has 0 aromatic heterocycles. The van der Waals surface area contributed by atoms with Crippen molar-refractivity contribution in [1.82, 2.24) is 0 Å². The van der Waals surface area contributed by atoms with Gasteiger partial charge < -0.3 is 4.55 Å². The van der Waals surface area contributed by atoms with E-state index >= 15 is 0 Å². The molecule has 2 aromatic rings. The lowest BCUT2D eigenvalue weighted by Gasteiger charge is -2.12. The highest BCUT2D eigenvalue weighted by Crippen LogP contribution is 2.31. The lowest BCUT2D eigenvalue weighted by molar-refractivity contribution is -0.0435. The fourth-order valence-corrected chi connectivity index (χ4v) is 2.01. The van der Waals surface area contributed by atoms with Crippen molar-refractivity contribution in [1.29, 1.82) is 0 Å². The summed E-state index contributed by atoms with van der Waals surface area (Å²) in [7, 11) is 0. The summed E-state index contributed by atoms with van der Waals surface area (Å²) >= 11 is -2.99. The molecule has 0 spiro atoms. The highest BCUT2D eigenvalue weighted by Gasteiger charge is 2.46. The molecule has 0 N–H and O–H groups in total. The van der Waals surface area contributed by atoms with Gasteiger partial charge in [0.2, 0.25) is 0 Å². The summed E-state index contributed by atoms with van der Waals surface area (Å²) in [6, 6.07) is 11.9. The van der Waals surface area contributed by atoms with E-state index in [0.29, 0.717) is 10.8 Å². The van der Waals surface area contributed by atoms with Crippen LogP contribution in [0.15, 0.2) is 41.3 Å². The summed E-state index contributed by atoms with van der Waals surface area (Å²) in [4.78, 5) is -0.272. The van der Waals surface area contributed by atoms with Gasteiger partial charge in [-0.2, -0.15) is 0 Å². The van der Waals surface area contributed by atoms with Gasteiger partial charge in [0, 0.05) is 12.1 Å². The first-order valence-corrected chi connectivity index (χ1v) is 5.52. The molecule has 1 atom stereocenters. The van der Waals surface area contributed by atoms with Crippen molar-refractivity contribution in [2.24, 2.45) is 0 Å². The summed E-state index contributed by atoms with van der Waals surface area (Å²) in [6.45, 7) is 0. The van der Waals surface area contributed by atoms with E-state index in [9.17, 15) is 17.7 Å². The standard InChI is InChI=1S/C11H6F3OS/c12-11(13,14)16(15)10-6-5-8-3-1-2-4-9(8)7-10/h1-4,6-7H. The first kappa shape index (κ1) is 11.3. The van der Waals surface area contributed by atoms with Gasteiger partial charge in [0.15, 0.2) is 4.90 Å². The van der Waals surface area contributed by atoms with E-state index in [-0.39, 0.29) is 4.90 Å². The van der Waals surface area contributed by atoms with Crippen molar-refractivity contribution < 1.29 is 17.7 Å². The molecule has 5 heteroatoms. The molecule has 83 valence electrons. The molecule has 0 bridgehead atoms. The first-order chi connectivity index (χ1) is 7.48. The molecule has 0 heterocycles. The van der Waals surface area contributed by atoms with Gasteiger partial charge in [-0.1, -0.05) is 24.3 Å². The second kappa shape index (κ2) is 3.99. The normalized spacial score (nSPS) is 14.0. The molecule has 16 heavy (non-hydrogen) atoms. The molecule has 0 aliphatic carbocycles. The fourth-order valence-electron chi connectivity index (χ4n) is 1.34. The SMILES string of the molecule is [O-][S+](c1c[c]c2ccccc2c1)C(F)(F)F. The van der Waals surface area contributed by atoms with Crippen molar-refractivity contribution >= 4 is 21.9 Å². The molecule has 2 aromatic carbocycles. The van der Waals surface area contributed by atoms with Gasteiger partial charge in [-0.05, 0) is 16.8 Å². The summed E-state index contributed by atoms with van der Waals surface area (Å²) in [5.41, 5.74) is -4.73. The van der Waals surface area contributed by atoms with Crippen LogP contribution in [0.2, 0.25) is 0 Å². The van der Waals surface area contributed by atoms with Gasteiger partial charge in [0.25, 0.3) is 0 Å². The minimum atomic E-state index is -4.73. The summed E-state index contributed by atoms with van der Waals surface area (Å²) < 4.78 is 47.7. The van der Waals surface area contributed by atoms with Crippen molar-refractivity contribution in [2.75, 3.05) is 0 Å². The third-order valence-electron chi connectivity index (χ3n) is 2.05. The van der Waals surface area contributed by atoms with E-state index in [2.05, 4.69) is 6.07 Å². The second-order valence-corrected chi connectivity index (χ2v) is 4.61. The Bertz CT molecular complexity index is 510. The van der Waals surface area contributed by atoms with Gasteiger partial charge in [-0.15, -0.1) is 13.2 Å². The van der Waals surface area contributed by atoms with Crippen LogP contribution in [0.4, 0.5) is 13.2 Å². The summed E-state index contributed by atoms with van der Waals surface area (Å²) in [5.74, 6) is 0. The van der Waals surface area contributed by atoms with E-state index in [1.807, 2.05) is 0 Å². The Labute approximate surface area is 93.1 Å². The maximum Gasteiger partial charge on any atom is 0.578 e. The van der Waals surface area contributed by atoms with Crippen molar-refractivity contribution in [2.45, 2.75) is 10.4 Å². The fraction of sp³-hybridized carbons (Fsp3) is 0.0909. The van der Waals surface area contributed by atoms with Crippen LogP contribution in [0.5, 0.6) is 0 Å². The van der Waals surface area contributed by atoms with E-state index in [1.54, 1.807) is 24.3 Å². The largest absolute Gasteiger partial charge is 0.604 e. The zero-order chi connectivity index (χ0) is 11.8. The lowest BCUT2D eigenvalue weighted by atomic mass is 10.1. The minimum absolute atomic E-state index is 0.272. The topological polar surface area (TPSA) is 23.1 Å². The summed E-state index contributed by atoms with van der Waals surface area (Å²) in [5, 5.41) is 1.29. The molecule has 2 rings (SSSR count). The van der Waals surface area contributed by atoms with Crippen LogP contribution in [-0.2, 0) is 11.2 Å². The molecule has 0 aliphatic rings. The maximum absolute atomic E-state index is 12.2. The molecule has 0 saturated heterocycles. The predicted octanol–water partition coefficient (Wildman–Crippen LogP) is 3.27.